The number of nitrogens with one attached hydrogen (secondary N) is 1. The Morgan fingerprint density at radius 3 is 2.35 bits per heavy atom. The summed E-state index contributed by atoms with van der Waals surface area (Å²) >= 11 is 0. The number of rotatable bonds is 4. The van der Waals surface area contributed by atoms with Crippen molar-refractivity contribution >= 4 is 27.4 Å². The molecule has 9 heteroatoms. The Kier molecular flexibility index (Phi) is 5.63. The van der Waals surface area contributed by atoms with Gasteiger partial charge in [-0.25, -0.2) is 13.2 Å². The van der Waals surface area contributed by atoms with Crippen molar-refractivity contribution in [2.45, 2.75) is 12.5 Å². The van der Waals surface area contributed by atoms with Crippen molar-refractivity contribution in [3.05, 3.63) is 89.9 Å². The van der Waals surface area contributed by atoms with Crippen molar-refractivity contribution in [1.29, 1.82) is 0 Å². The number of carbonyl (C=O) groups is 1. The number of carbonyl (C=O) groups excluding carboxylic acids is 1. The van der Waals surface area contributed by atoms with E-state index in [0.717, 1.165) is 0 Å². The van der Waals surface area contributed by atoms with Gasteiger partial charge in [0.15, 0.2) is 0 Å². The Morgan fingerprint density at radius 2 is 1.71 bits per heavy atom. The minimum atomic E-state index is -2.66. The van der Waals surface area contributed by atoms with Gasteiger partial charge in [-0.1, -0.05) is 12.1 Å². The van der Waals surface area contributed by atoms with E-state index in [1.54, 1.807) is 29.0 Å². The van der Waals surface area contributed by atoms with Crippen LogP contribution in [0.1, 0.15) is 16.8 Å². The van der Waals surface area contributed by atoms with Crippen LogP contribution in [0, 0.1) is 17.5 Å². The Bertz CT molecular complexity index is 1380. The summed E-state index contributed by atoms with van der Waals surface area (Å²) in [5.74, 6) is -1.90. The highest BCUT2D eigenvalue weighted by molar-refractivity contribution is 8.24. The van der Waals surface area contributed by atoms with Crippen LogP contribution in [0.25, 0.3) is 27.7 Å². The second-order valence-electron chi connectivity index (χ2n) is 8.35. The molecule has 1 aliphatic heterocycles. The van der Waals surface area contributed by atoms with Gasteiger partial charge in [-0.2, -0.15) is 10.6 Å². The monoisotopic (exact) mass is 486 g/mol. The maximum absolute atomic E-state index is 14.6. The number of hydrogen-bond donors (Lipinski definition) is 3. The van der Waals surface area contributed by atoms with Crippen LogP contribution in [-0.2, 0) is 0 Å². The fourth-order valence-corrected chi connectivity index (χ4v) is 6.06. The Morgan fingerprint density at radius 1 is 1.00 bits per heavy atom. The minimum absolute atomic E-state index is 0.115. The highest BCUT2D eigenvalue weighted by Gasteiger charge is 2.29. The van der Waals surface area contributed by atoms with Crippen molar-refractivity contribution < 1.29 is 27.1 Å². The Labute approximate surface area is 195 Å². The zero-order chi connectivity index (χ0) is 24.0. The zero-order valence-corrected chi connectivity index (χ0v) is 18.7. The zero-order valence-electron chi connectivity index (χ0n) is 17.8. The van der Waals surface area contributed by atoms with Crippen LogP contribution in [0.3, 0.4) is 0 Å². The summed E-state index contributed by atoms with van der Waals surface area (Å²) in [5, 5.41) is 3.34. The number of benzene rings is 3. The maximum Gasteiger partial charge on any atom is 0.251 e. The third-order valence-electron chi connectivity index (χ3n) is 6.00. The molecule has 0 radical (unpaired) electrons. The van der Waals surface area contributed by atoms with Gasteiger partial charge in [-0.05, 0) is 55.0 Å². The summed E-state index contributed by atoms with van der Waals surface area (Å²) in [6.07, 6.45) is 2.03. The summed E-state index contributed by atoms with van der Waals surface area (Å²) < 4.78 is 64.1. The molecule has 1 fully saturated rings. The first-order valence-corrected chi connectivity index (χ1v) is 12.5. The topological polar surface area (TPSA) is 74.5 Å². The average molecular weight is 487 g/mol. The number of amides is 1. The fraction of sp³-hybridized carbons (Fsp3) is 0.160. The second-order valence-corrected chi connectivity index (χ2v) is 10.7. The molecule has 1 atom stereocenters. The van der Waals surface area contributed by atoms with E-state index in [-0.39, 0.29) is 23.1 Å². The minimum Gasteiger partial charge on any atom is -0.348 e. The molecule has 176 valence electrons. The van der Waals surface area contributed by atoms with Gasteiger partial charge in [0.25, 0.3) is 5.91 Å². The molecule has 1 unspecified atom stereocenters. The molecule has 3 aromatic carbocycles. The Balaban J connectivity index is 1.62. The largest absolute Gasteiger partial charge is 0.348 e. The van der Waals surface area contributed by atoms with E-state index in [2.05, 4.69) is 5.32 Å². The van der Waals surface area contributed by atoms with Gasteiger partial charge < -0.3 is 9.88 Å². The molecule has 4 aromatic rings. The smallest absolute Gasteiger partial charge is 0.251 e. The van der Waals surface area contributed by atoms with E-state index >= 15 is 0 Å². The molecule has 0 aliphatic carbocycles. The van der Waals surface area contributed by atoms with Crippen LogP contribution in [0.2, 0.25) is 0 Å². The molecule has 2 heterocycles. The van der Waals surface area contributed by atoms with Crippen molar-refractivity contribution in [3.8, 4) is 16.8 Å². The van der Waals surface area contributed by atoms with Crippen molar-refractivity contribution in [1.82, 2.24) is 9.88 Å². The summed E-state index contributed by atoms with van der Waals surface area (Å²) in [6, 6.07) is 13.7. The van der Waals surface area contributed by atoms with Crippen LogP contribution in [-0.4, -0.2) is 37.1 Å². The summed E-state index contributed by atoms with van der Waals surface area (Å²) in [7, 11) is -2.66. The van der Waals surface area contributed by atoms with Crippen LogP contribution < -0.4 is 5.32 Å². The lowest BCUT2D eigenvalue weighted by Gasteiger charge is -2.26. The van der Waals surface area contributed by atoms with Gasteiger partial charge in [0.05, 0.1) is 16.8 Å². The standard InChI is InChI=1S/C25H21F3N2O3S/c26-16-5-7-18(8-6-16)30-13-20(24-21(27)2-1-3-22(24)28)19-9-4-15(12-23(19)30)25(31)29-17-10-11-34(32,33)14-17/h1-9,12-13,17,32-33H,10-11,14H2,(H,29,31). The summed E-state index contributed by atoms with van der Waals surface area (Å²) in [4.78, 5) is 12.9. The highest BCUT2D eigenvalue weighted by Crippen LogP contribution is 2.45. The number of halogens is 3. The molecule has 34 heavy (non-hydrogen) atoms. The predicted octanol–water partition coefficient (Wildman–Crippen LogP) is 5.97. The van der Waals surface area contributed by atoms with E-state index < -0.39 is 33.9 Å². The van der Waals surface area contributed by atoms with E-state index in [4.69, 9.17) is 0 Å². The molecule has 0 saturated carbocycles. The molecule has 0 spiro atoms. The van der Waals surface area contributed by atoms with Gasteiger partial charge in [0.1, 0.15) is 17.5 Å². The highest BCUT2D eigenvalue weighted by atomic mass is 32.3. The lowest BCUT2D eigenvalue weighted by molar-refractivity contribution is 0.0941. The molecule has 5 nitrogen and oxygen atoms in total. The fourth-order valence-electron chi connectivity index (χ4n) is 4.34. The third kappa shape index (κ3) is 4.18. The second kappa shape index (κ2) is 8.50. The molecule has 1 aromatic heterocycles. The van der Waals surface area contributed by atoms with E-state index in [0.29, 0.717) is 34.1 Å². The van der Waals surface area contributed by atoms with E-state index in [1.807, 2.05) is 0 Å². The first kappa shape index (κ1) is 22.5. The van der Waals surface area contributed by atoms with Crippen molar-refractivity contribution in [3.63, 3.8) is 0 Å². The van der Waals surface area contributed by atoms with E-state index in [9.17, 15) is 27.1 Å². The molecule has 3 N–H and O–H groups in total. The van der Waals surface area contributed by atoms with Gasteiger partial charge in [-0.15, -0.1) is 0 Å². The molecule has 1 amide bonds. The molecule has 1 saturated heterocycles. The van der Waals surface area contributed by atoms with Crippen LogP contribution in [0.4, 0.5) is 13.2 Å². The summed E-state index contributed by atoms with van der Waals surface area (Å²) in [5.41, 5.74) is 1.47. The SMILES string of the molecule is O=C(NC1CCS(O)(O)C1)c1ccc2c(-c3c(F)cccc3F)cn(-c3ccc(F)cc3)c2c1. The van der Waals surface area contributed by atoms with Gasteiger partial charge in [0.2, 0.25) is 0 Å². The first-order chi connectivity index (χ1) is 16.2. The van der Waals surface area contributed by atoms with Gasteiger partial charge in [0, 0.05) is 40.2 Å². The molecular formula is C25H21F3N2O3S. The number of fused-ring (bicyclic) bond motifs is 1. The van der Waals surface area contributed by atoms with Gasteiger partial charge in [-0.3, -0.25) is 13.9 Å². The normalized spacial score (nSPS) is 18.2. The van der Waals surface area contributed by atoms with Crippen molar-refractivity contribution in [2.24, 2.45) is 0 Å². The molecule has 5 rings (SSSR count). The maximum atomic E-state index is 14.6. The molecular weight excluding hydrogens is 465 g/mol. The predicted molar refractivity (Wildman–Crippen MR) is 127 cm³/mol. The van der Waals surface area contributed by atoms with E-state index in [1.165, 1.54) is 42.5 Å². The summed E-state index contributed by atoms with van der Waals surface area (Å²) in [6.45, 7) is 0. The van der Waals surface area contributed by atoms with Crippen LogP contribution in [0.15, 0.2) is 66.9 Å². The first-order valence-electron chi connectivity index (χ1n) is 10.6. The molecule has 1 aliphatic rings. The lowest BCUT2D eigenvalue weighted by Crippen LogP contribution is -2.35. The third-order valence-corrected chi connectivity index (χ3v) is 7.83. The van der Waals surface area contributed by atoms with Gasteiger partial charge >= 0.3 is 0 Å². The number of aromatic nitrogens is 1. The lowest BCUT2D eigenvalue weighted by atomic mass is 10.0. The number of hydrogen-bond acceptors (Lipinski definition) is 3. The average Bonchev–Trinajstić information content (AvgIpc) is 3.33. The van der Waals surface area contributed by atoms with Crippen LogP contribution >= 0.6 is 10.6 Å². The van der Waals surface area contributed by atoms with Crippen molar-refractivity contribution in [2.75, 3.05) is 11.5 Å². The number of nitrogens with zero attached hydrogens (tertiary/aromatic N) is 1. The quantitative estimate of drug-likeness (QED) is 0.333. The Hall–Kier alpha value is -3.27. The van der Waals surface area contributed by atoms with Crippen LogP contribution in [0.5, 0.6) is 0 Å². The molecule has 0 bridgehead atoms.